The van der Waals surface area contributed by atoms with Crippen LogP contribution in [0.15, 0.2) is 210 Å². The first-order valence-electron chi connectivity index (χ1n) is 19.5. The summed E-state index contributed by atoms with van der Waals surface area (Å²) in [4.78, 5) is 12.6. The third-order valence-corrected chi connectivity index (χ3v) is 12.9. The molecule has 0 saturated carbocycles. The fourth-order valence-corrected chi connectivity index (χ4v) is 10.5. The SMILES string of the molecule is N#Cc1ccc(-c2cccc3c2Sc2c(-c4ccc(-c5cc(-c6ccccc6)nc(-c6ccccc6)n5)cc4)cccc2C32c3ccccc3-c3ccccc32)cc1. The molecule has 0 unspecified atom stereocenters. The van der Waals surface area contributed by atoms with Crippen LogP contribution in [0, 0.1) is 11.3 Å². The highest BCUT2D eigenvalue weighted by Crippen LogP contribution is 2.64. The van der Waals surface area contributed by atoms with E-state index in [0.717, 1.165) is 44.8 Å². The van der Waals surface area contributed by atoms with Gasteiger partial charge in [-0.05, 0) is 73.8 Å². The van der Waals surface area contributed by atoms with Crippen LogP contribution in [0.2, 0.25) is 0 Å². The lowest BCUT2D eigenvalue weighted by Crippen LogP contribution is -2.32. The lowest BCUT2D eigenvalue weighted by atomic mass is 9.66. The Morgan fingerprint density at radius 1 is 0.379 bits per heavy atom. The molecular formula is C54H33N3S. The summed E-state index contributed by atoms with van der Waals surface area (Å²) in [6, 6.07) is 73.2. The minimum atomic E-state index is -0.524. The highest BCUT2D eigenvalue weighted by Gasteiger charge is 2.51. The monoisotopic (exact) mass is 755 g/mol. The van der Waals surface area contributed by atoms with Crippen molar-refractivity contribution in [1.82, 2.24) is 9.97 Å². The summed E-state index contributed by atoms with van der Waals surface area (Å²) in [5.41, 5.74) is 17.3. The molecule has 0 bridgehead atoms. The van der Waals surface area contributed by atoms with E-state index in [1.54, 1.807) is 0 Å². The molecule has 2 aliphatic rings. The molecule has 0 saturated heterocycles. The average molecular weight is 756 g/mol. The first-order chi connectivity index (χ1) is 28.7. The molecule has 0 fully saturated rings. The van der Waals surface area contributed by atoms with Gasteiger partial charge >= 0.3 is 0 Å². The molecule has 0 radical (unpaired) electrons. The van der Waals surface area contributed by atoms with Crippen molar-refractivity contribution in [2.45, 2.75) is 15.2 Å². The zero-order valence-electron chi connectivity index (χ0n) is 31.3. The quantitative estimate of drug-likeness (QED) is 0.175. The van der Waals surface area contributed by atoms with Crippen LogP contribution < -0.4 is 0 Å². The second kappa shape index (κ2) is 13.7. The Balaban J connectivity index is 1.10. The van der Waals surface area contributed by atoms with Gasteiger partial charge in [0.05, 0.1) is 28.4 Å². The van der Waals surface area contributed by atoms with E-state index in [4.69, 9.17) is 9.97 Å². The van der Waals surface area contributed by atoms with E-state index in [2.05, 4.69) is 158 Å². The van der Waals surface area contributed by atoms with Gasteiger partial charge in [-0.2, -0.15) is 5.26 Å². The molecular weight excluding hydrogens is 723 g/mol. The third kappa shape index (κ3) is 5.29. The summed E-state index contributed by atoms with van der Waals surface area (Å²) >= 11 is 1.86. The lowest BCUT2D eigenvalue weighted by molar-refractivity contribution is 0.724. The Kier molecular flexibility index (Phi) is 8.03. The minimum absolute atomic E-state index is 0.524. The van der Waals surface area contributed by atoms with Crippen LogP contribution in [-0.4, -0.2) is 9.97 Å². The molecule has 58 heavy (non-hydrogen) atoms. The molecule has 1 aliphatic heterocycles. The average Bonchev–Trinajstić information content (AvgIpc) is 3.60. The predicted octanol–water partition coefficient (Wildman–Crippen LogP) is 13.5. The van der Waals surface area contributed by atoms with Gasteiger partial charge in [-0.25, -0.2) is 9.97 Å². The van der Waals surface area contributed by atoms with Crippen molar-refractivity contribution in [2.24, 2.45) is 0 Å². The van der Waals surface area contributed by atoms with E-state index >= 15 is 0 Å². The van der Waals surface area contributed by atoms with Crippen molar-refractivity contribution < 1.29 is 0 Å². The number of hydrogen-bond acceptors (Lipinski definition) is 4. The zero-order valence-corrected chi connectivity index (χ0v) is 32.1. The van der Waals surface area contributed by atoms with Gasteiger partial charge in [0.25, 0.3) is 0 Å². The predicted molar refractivity (Wildman–Crippen MR) is 235 cm³/mol. The molecule has 0 N–H and O–H groups in total. The molecule has 1 aromatic heterocycles. The Labute approximate surface area is 342 Å². The maximum absolute atomic E-state index is 9.60. The van der Waals surface area contributed by atoms with Crippen LogP contribution in [0.3, 0.4) is 0 Å². The van der Waals surface area contributed by atoms with Crippen LogP contribution >= 0.6 is 11.8 Å². The normalized spacial score (nSPS) is 12.9. The first-order valence-corrected chi connectivity index (χ1v) is 20.3. The van der Waals surface area contributed by atoms with Crippen molar-refractivity contribution in [1.29, 1.82) is 5.26 Å². The molecule has 9 aromatic rings. The van der Waals surface area contributed by atoms with Gasteiger partial charge in [0.2, 0.25) is 0 Å². The van der Waals surface area contributed by atoms with Gasteiger partial charge in [0.15, 0.2) is 5.82 Å². The smallest absolute Gasteiger partial charge is 0.160 e. The largest absolute Gasteiger partial charge is 0.228 e. The van der Waals surface area contributed by atoms with E-state index in [0.29, 0.717) is 11.4 Å². The molecule has 2 heterocycles. The van der Waals surface area contributed by atoms with Gasteiger partial charge in [-0.15, -0.1) is 0 Å². The van der Waals surface area contributed by atoms with E-state index in [1.807, 2.05) is 60.3 Å². The van der Waals surface area contributed by atoms with Gasteiger partial charge < -0.3 is 0 Å². The Hall–Kier alpha value is -7.32. The van der Waals surface area contributed by atoms with E-state index in [-0.39, 0.29) is 0 Å². The highest BCUT2D eigenvalue weighted by atomic mass is 32.2. The number of fused-ring (bicyclic) bond motifs is 9. The molecule has 1 spiro atoms. The van der Waals surface area contributed by atoms with Crippen LogP contribution in [0.4, 0.5) is 0 Å². The summed E-state index contributed by atoms with van der Waals surface area (Å²) in [5, 5.41) is 9.60. The van der Waals surface area contributed by atoms with Crippen LogP contribution in [0.1, 0.15) is 27.8 Å². The number of aromatic nitrogens is 2. The van der Waals surface area contributed by atoms with Crippen molar-refractivity contribution in [3.63, 3.8) is 0 Å². The van der Waals surface area contributed by atoms with Crippen molar-refractivity contribution in [2.75, 3.05) is 0 Å². The van der Waals surface area contributed by atoms with E-state index in [9.17, 15) is 5.26 Å². The van der Waals surface area contributed by atoms with E-state index < -0.39 is 5.41 Å². The number of hydrogen-bond donors (Lipinski definition) is 0. The number of benzene rings is 8. The van der Waals surface area contributed by atoms with Crippen molar-refractivity contribution in [3.05, 3.63) is 228 Å². The summed E-state index contributed by atoms with van der Waals surface area (Å²) in [5.74, 6) is 0.703. The summed E-state index contributed by atoms with van der Waals surface area (Å²) in [6.07, 6.45) is 0. The van der Waals surface area contributed by atoms with Crippen molar-refractivity contribution in [3.8, 4) is 73.4 Å². The van der Waals surface area contributed by atoms with Crippen LogP contribution in [0.25, 0.3) is 67.3 Å². The van der Waals surface area contributed by atoms with Gasteiger partial charge in [-0.1, -0.05) is 194 Å². The molecule has 8 aromatic carbocycles. The number of rotatable bonds is 5. The fraction of sp³-hybridized carbons (Fsp3) is 0.0185. The molecule has 270 valence electrons. The molecule has 4 heteroatoms. The molecule has 1 aliphatic carbocycles. The summed E-state index contributed by atoms with van der Waals surface area (Å²) in [6.45, 7) is 0. The summed E-state index contributed by atoms with van der Waals surface area (Å²) in [7, 11) is 0. The molecule has 11 rings (SSSR count). The lowest BCUT2D eigenvalue weighted by Gasteiger charge is -2.41. The topological polar surface area (TPSA) is 49.6 Å². The Morgan fingerprint density at radius 2 is 0.793 bits per heavy atom. The second-order valence-corrected chi connectivity index (χ2v) is 15.8. The van der Waals surface area contributed by atoms with Crippen LogP contribution in [-0.2, 0) is 5.41 Å². The van der Waals surface area contributed by atoms with E-state index in [1.165, 1.54) is 48.7 Å². The van der Waals surface area contributed by atoms with Crippen LogP contribution in [0.5, 0.6) is 0 Å². The maximum Gasteiger partial charge on any atom is 0.160 e. The highest BCUT2D eigenvalue weighted by molar-refractivity contribution is 7.99. The zero-order chi connectivity index (χ0) is 38.6. The number of nitrogens with zero attached hydrogens (tertiary/aromatic N) is 3. The van der Waals surface area contributed by atoms with Gasteiger partial charge in [-0.3, -0.25) is 0 Å². The summed E-state index contributed by atoms with van der Waals surface area (Å²) < 4.78 is 0. The fourth-order valence-electron chi connectivity index (χ4n) is 9.01. The maximum atomic E-state index is 9.60. The first kappa shape index (κ1) is 34.0. The van der Waals surface area contributed by atoms with Gasteiger partial charge in [0.1, 0.15) is 0 Å². The standard InChI is InChI=1S/C54H33N3S/c55-34-35-25-27-36(28-26-35)41-19-11-23-47-51(41)58-52-42(20-12-24-48(52)54(47)45-21-9-7-17-43(45)44-18-8-10-22-46(44)54)37-29-31-39(32-30-37)50-33-49(38-13-3-1-4-14-38)56-53(57-50)40-15-5-2-6-16-40/h1-33H. The number of nitriles is 1. The molecule has 0 amide bonds. The Morgan fingerprint density at radius 3 is 1.33 bits per heavy atom. The molecule has 3 nitrogen and oxygen atoms in total. The van der Waals surface area contributed by atoms with Crippen molar-refractivity contribution >= 4 is 11.8 Å². The van der Waals surface area contributed by atoms with Gasteiger partial charge in [0, 0.05) is 26.5 Å². The minimum Gasteiger partial charge on any atom is -0.228 e. The third-order valence-electron chi connectivity index (χ3n) is 11.6. The Bertz CT molecular complexity index is 2970. The second-order valence-electron chi connectivity index (χ2n) is 14.8. The molecule has 0 atom stereocenters.